The van der Waals surface area contributed by atoms with Crippen LogP contribution in [0.3, 0.4) is 0 Å². The number of nitrogens with zero attached hydrogens (tertiary/aromatic N) is 3. The molecule has 1 aliphatic heterocycles. The summed E-state index contributed by atoms with van der Waals surface area (Å²) >= 11 is 0. The molecule has 0 spiro atoms. The SMILES string of the molecule is CC1CN(c2cnccc2/C(N)=N/O)CCCO1. The Morgan fingerprint density at radius 2 is 2.50 bits per heavy atom. The summed E-state index contributed by atoms with van der Waals surface area (Å²) in [7, 11) is 0. The number of amidine groups is 1. The Morgan fingerprint density at radius 1 is 1.67 bits per heavy atom. The van der Waals surface area contributed by atoms with E-state index in [1.54, 1.807) is 18.5 Å². The molecule has 0 radical (unpaired) electrons. The van der Waals surface area contributed by atoms with Crippen molar-refractivity contribution in [2.45, 2.75) is 19.4 Å². The molecule has 0 aliphatic carbocycles. The van der Waals surface area contributed by atoms with E-state index in [-0.39, 0.29) is 11.9 Å². The maximum Gasteiger partial charge on any atom is 0.172 e. The van der Waals surface area contributed by atoms with E-state index in [1.807, 2.05) is 6.92 Å². The van der Waals surface area contributed by atoms with Crippen LogP contribution in [0.2, 0.25) is 0 Å². The van der Waals surface area contributed by atoms with Gasteiger partial charge >= 0.3 is 0 Å². The molecule has 1 fully saturated rings. The van der Waals surface area contributed by atoms with Gasteiger partial charge in [-0.2, -0.15) is 0 Å². The first-order chi connectivity index (χ1) is 8.72. The lowest BCUT2D eigenvalue weighted by Gasteiger charge is -2.25. The molecular weight excluding hydrogens is 232 g/mol. The van der Waals surface area contributed by atoms with Crippen LogP contribution in [0.4, 0.5) is 5.69 Å². The quantitative estimate of drug-likeness (QED) is 0.351. The van der Waals surface area contributed by atoms with E-state index in [0.29, 0.717) is 5.56 Å². The summed E-state index contributed by atoms with van der Waals surface area (Å²) in [6.45, 7) is 4.45. The van der Waals surface area contributed by atoms with Gasteiger partial charge in [-0.05, 0) is 19.4 Å². The fourth-order valence-corrected chi connectivity index (χ4v) is 2.12. The summed E-state index contributed by atoms with van der Waals surface area (Å²) in [5, 5.41) is 11.9. The molecule has 1 aromatic rings. The van der Waals surface area contributed by atoms with Gasteiger partial charge in [0.15, 0.2) is 5.84 Å². The molecule has 0 saturated carbocycles. The number of anilines is 1. The van der Waals surface area contributed by atoms with Crippen LogP contribution in [0.5, 0.6) is 0 Å². The van der Waals surface area contributed by atoms with Crippen molar-refractivity contribution in [2.75, 3.05) is 24.6 Å². The number of hydrogen-bond acceptors (Lipinski definition) is 5. The maximum atomic E-state index is 8.82. The normalized spacial score (nSPS) is 21.7. The van der Waals surface area contributed by atoms with Crippen molar-refractivity contribution in [1.82, 2.24) is 4.98 Å². The average molecular weight is 250 g/mol. The van der Waals surface area contributed by atoms with Crippen molar-refractivity contribution in [3.05, 3.63) is 24.0 Å². The molecule has 2 rings (SSSR count). The van der Waals surface area contributed by atoms with Crippen LogP contribution in [-0.4, -0.2) is 41.8 Å². The molecule has 0 amide bonds. The molecule has 6 heteroatoms. The molecular formula is C12H18N4O2. The molecule has 0 aromatic carbocycles. The monoisotopic (exact) mass is 250 g/mol. The summed E-state index contributed by atoms with van der Waals surface area (Å²) in [5.41, 5.74) is 7.27. The molecule has 1 aromatic heterocycles. The number of aromatic nitrogens is 1. The molecule has 1 atom stereocenters. The number of pyridine rings is 1. The Morgan fingerprint density at radius 3 is 3.28 bits per heavy atom. The molecule has 18 heavy (non-hydrogen) atoms. The summed E-state index contributed by atoms with van der Waals surface area (Å²) < 4.78 is 5.61. The first-order valence-corrected chi connectivity index (χ1v) is 6.01. The van der Waals surface area contributed by atoms with Crippen molar-refractivity contribution in [3.8, 4) is 0 Å². The predicted molar refractivity (Wildman–Crippen MR) is 69.0 cm³/mol. The lowest BCUT2D eigenvalue weighted by Crippen LogP contribution is -2.32. The molecule has 0 bridgehead atoms. The smallest absolute Gasteiger partial charge is 0.172 e. The second-order valence-corrected chi connectivity index (χ2v) is 4.36. The number of oxime groups is 1. The van der Waals surface area contributed by atoms with Crippen LogP contribution in [0, 0.1) is 0 Å². The van der Waals surface area contributed by atoms with Crippen molar-refractivity contribution >= 4 is 11.5 Å². The number of nitrogens with two attached hydrogens (primary N) is 1. The van der Waals surface area contributed by atoms with Crippen LogP contribution in [-0.2, 0) is 4.74 Å². The highest BCUT2D eigenvalue weighted by Crippen LogP contribution is 2.21. The maximum absolute atomic E-state index is 8.82. The van der Waals surface area contributed by atoms with E-state index in [1.165, 1.54) is 0 Å². The number of rotatable bonds is 2. The Bertz CT molecular complexity index is 436. The van der Waals surface area contributed by atoms with Gasteiger partial charge in [0.2, 0.25) is 0 Å². The molecule has 2 heterocycles. The lowest BCUT2D eigenvalue weighted by atomic mass is 10.1. The Hall–Kier alpha value is -1.82. The highest BCUT2D eigenvalue weighted by atomic mass is 16.5. The lowest BCUT2D eigenvalue weighted by molar-refractivity contribution is 0.0821. The third-order valence-corrected chi connectivity index (χ3v) is 2.98. The van der Waals surface area contributed by atoms with E-state index < -0.39 is 0 Å². The van der Waals surface area contributed by atoms with Gasteiger partial charge < -0.3 is 20.6 Å². The highest BCUT2D eigenvalue weighted by Gasteiger charge is 2.19. The predicted octanol–water partition coefficient (Wildman–Crippen LogP) is 0.791. The third-order valence-electron chi connectivity index (χ3n) is 2.98. The van der Waals surface area contributed by atoms with Gasteiger partial charge in [-0.25, -0.2) is 0 Å². The zero-order chi connectivity index (χ0) is 13.0. The van der Waals surface area contributed by atoms with Gasteiger partial charge in [-0.3, -0.25) is 4.98 Å². The van der Waals surface area contributed by atoms with Crippen LogP contribution in [0.1, 0.15) is 18.9 Å². The summed E-state index contributed by atoms with van der Waals surface area (Å²) in [6.07, 6.45) is 4.49. The zero-order valence-electron chi connectivity index (χ0n) is 10.4. The Balaban J connectivity index is 2.31. The number of hydrogen-bond donors (Lipinski definition) is 2. The second-order valence-electron chi connectivity index (χ2n) is 4.36. The first-order valence-electron chi connectivity index (χ1n) is 6.01. The van der Waals surface area contributed by atoms with Crippen molar-refractivity contribution < 1.29 is 9.94 Å². The van der Waals surface area contributed by atoms with Gasteiger partial charge in [-0.1, -0.05) is 5.16 Å². The Labute approximate surface area is 106 Å². The van der Waals surface area contributed by atoms with E-state index in [4.69, 9.17) is 15.7 Å². The Kier molecular flexibility index (Phi) is 3.99. The second kappa shape index (κ2) is 5.68. The van der Waals surface area contributed by atoms with Crippen molar-refractivity contribution in [2.24, 2.45) is 10.9 Å². The standard InChI is InChI=1S/C12H18N4O2/c1-9-8-16(5-2-6-18-9)11-7-14-4-3-10(11)12(13)15-17/h3-4,7,9,17H,2,5-6,8H2,1H3,(H2,13,15). The fourth-order valence-electron chi connectivity index (χ4n) is 2.12. The average Bonchev–Trinajstić information content (AvgIpc) is 2.62. The molecule has 1 saturated heterocycles. The summed E-state index contributed by atoms with van der Waals surface area (Å²) in [4.78, 5) is 6.28. The minimum absolute atomic E-state index is 0.102. The largest absolute Gasteiger partial charge is 0.409 e. The number of ether oxygens (including phenoxy) is 1. The summed E-state index contributed by atoms with van der Waals surface area (Å²) in [6, 6.07) is 1.75. The zero-order valence-corrected chi connectivity index (χ0v) is 10.4. The van der Waals surface area contributed by atoms with Crippen molar-refractivity contribution in [3.63, 3.8) is 0 Å². The summed E-state index contributed by atoms with van der Waals surface area (Å²) in [5.74, 6) is 0.102. The van der Waals surface area contributed by atoms with Gasteiger partial charge in [-0.15, -0.1) is 0 Å². The van der Waals surface area contributed by atoms with Crippen molar-refractivity contribution in [1.29, 1.82) is 0 Å². The minimum atomic E-state index is 0.102. The molecule has 1 unspecified atom stereocenters. The van der Waals surface area contributed by atoms with Crippen LogP contribution in [0.25, 0.3) is 0 Å². The fraction of sp³-hybridized carbons (Fsp3) is 0.500. The van der Waals surface area contributed by atoms with Gasteiger partial charge in [0.1, 0.15) is 0 Å². The van der Waals surface area contributed by atoms with Gasteiger partial charge in [0.05, 0.1) is 18.0 Å². The van der Waals surface area contributed by atoms with Crippen LogP contribution < -0.4 is 10.6 Å². The van der Waals surface area contributed by atoms with Crippen LogP contribution in [0.15, 0.2) is 23.6 Å². The highest BCUT2D eigenvalue weighted by molar-refractivity contribution is 6.02. The van der Waals surface area contributed by atoms with Gasteiger partial charge in [0.25, 0.3) is 0 Å². The van der Waals surface area contributed by atoms with E-state index >= 15 is 0 Å². The van der Waals surface area contributed by atoms with E-state index in [0.717, 1.165) is 31.8 Å². The molecule has 1 aliphatic rings. The van der Waals surface area contributed by atoms with Crippen LogP contribution >= 0.6 is 0 Å². The molecule has 6 nitrogen and oxygen atoms in total. The van der Waals surface area contributed by atoms with Gasteiger partial charge in [0, 0.05) is 31.5 Å². The first kappa shape index (κ1) is 12.6. The van der Waals surface area contributed by atoms with E-state index in [9.17, 15) is 0 Å². The third kappa shape index (κ3) is 2.70. The molecule has 3 N–H and O–H groups in total. The topological polar surface area (TPSA) is 84.0 Å². The van der Waals surface area contributed by atoms with E-state index in [2.05, 4.69) is 15.0 Å². The minimum Gasteiger partial charge on any atom is -0.409 e. The molecule has 98 valence electrons.